The molecule has 1 atom stereocenters. The van der Waals surface area contributed by atoms with Crippen molar-refractivity contribution in [3.05, 3.63) is 28.2 Å². The van der Waals surface area contributed by atoms with Crippen molar-refractivity contribution >= 4 is 26.0 Å². The van der Waals surface area contributed by atoms with Gasteiger partial charge in [-0.3, -0.25) is 0 Å². The van der Waals surface area contributed by atoms with Gasteiger partial charge in [0.05, 0.1) is 16.5 Å². The minimum absolute atomic E-state index is 0.0838. The summed E-state index contributed by atoms with van der Waals surface area (Å²) in [6.45, 7) is 1.45. The lowest BCUT2D eigenvalue weighted by Crippen LogP contribution is -2.36. The molecule has 1 saturated heterocycles. The third-order valence-corrected chi connectivity index (χ3v) is 4.65. The highest BCUT2D eigenvalue weighted by atomic mass is 79.9. The lowest BCUT2D eigenvalue weighted by Gasteiger charge is -2.12. The molecule has 7 heteroatoms. The van der Waals surface area contributed by atoms with Crippen LogP contribution in [-0.4, -0.2) is 27.5 Å². The molecule has 5 nitrogen and oxygen atoms in total. The minimum atomic E-state index is -3.57. The van der Waals surface area contributed by atoms with Gasteiger partial charge >= 0.3 is 0 Å². The van der Waals surface area contributed by atoms with Crippen molar-refractivity contribution in [3.8, 4) is 6.07 Å². The molecule has 1 aromatic rings. The average molecular weight is 330 g/mol. The number of sulfonamides is 1. The molecule has 2 rings (SSSR count). The number of hydrogen-bond acceptors (Lipinski definition) is 4. The van der Waals surface area contributed by atoms with Crippen LogP contribution < -0.4 is 10.0 Å². The fourth-order valence-corrected chi connectivity index (χ4v) is 3.81. The van der Waals surface area contributed by atoms with E-state index in [4.69, 9.17) is 5.26 Å². The molecular weight excluding hydrogens is 318 g/mol. The van der Waals surface area contributed by atoms with Gasteiger partial charge in [-0.25, -0.2) is 13.1 Å². The fraction of sp³-hybridized carbons (Fsp3) is 0.364. The second-order valence-electron chi connectivity index (χ2n) is 4.10. The molecule has 1 fully saturated rings. The first kappa shape index (κ1) is 13.5. The van der Waals surface area contributed by atoms with E-state index >= 15 is 0 Å². The molecule has 1 heterocycles. The van der Waals surface area contributed by atoms with Gasteiger partial charge in [0.15, 0.2) is 0 Å². The number of rotatable bonds is 3. The third kappa shape index (κ3) is 3.09. The molecule has 96 valence electrons. The van der Waals surface area contributed by atoms with E-state index in [-0.39, 0.29) is 10.9 Å². The summed E-state index contributed by atoms with van der Waals surface area (Å²) >= 11 is 3.20. The summed E-state index contributed by atoms with van der Waals surface area (Å²) in [6, 6.07) is 6.30. The van der Waals surface area contributed by atoms with Crippen LogP contribution in [0.25, 0.3) is 0 Å². The Bertz CT molecular complexity index is 589. The normalized spacial score (nSPS) is 19.7. The molecular formula is C11H12BrN3O2S. The van der Waals surface area contributed by atoms with Crippen molar-refractivity contribution in [1.82, 2.24) is 10.0 Å². The van der Waals surface area contributed by atoms with Gasteiger partial charge in [0.1, 0.15) is 0 Å². The van der Waals surface area contributed by atoms with E-state index in [0.717, 1.165) is 13.0 Å². The van der Waals surface area contributed by atoms with Gasteiger partial charge in [0.2, 0.25) is 10.0 Å². The van der Waals surface area contributed by atoms with E-state index in [9.17, 15) is 8.42 Å². The predicted octanol–water partition coefficient (Wildman–Crippen LogP) is 0.961. The Morgan fingerprint density at radius 1 is 1.44 bits per heavy atom. The summed E-state index contributed by atoms with van der Waals surface area (Å²) in [4.78, 5) is 0.111. The molecule has 1 aliphatic heterocycles. The van der Waals surface area contributed by atoms with Gasteiger partial charge in [-0.15, -0.1) is 0 Å². The topological polar surface area (TPSA) is 82.0 Å². The van der Waals surface area contributed by atoms with Crippen LogP contribution in [0, 0.1) is 11.3 Å². The van der Waals surface area contributed by atoms with Crippen molar-refractivity contribution < 1.29 is 8.42 Å². The number of nitrogens with zero attached hydrogens (tertiary/aromatic N) is 1. The second-order valence-corrected chi connectivity index (χ2v) is 6.73. The predicted molar refractivity (Wildman–Crippen MR) is 70.5 cm³/mol. The Morgan fingerprint density at radius 3 is 2.83 bits per heavy atom. The first-order valence-electron chi connectivity index (χ1n) is 5.45. The number of nitriles is 1. The molecule has 1 aromatic carbocycles. The van der Waals surface area contributed by atoms with Gasteiger partial charge in [-0.1, -0.05) is 15.9 Å². The number of nitrogens with one attached hydrogen (secondary N) is 2. The minimum Gasteiger partial charge on any atom is -0.315 e. The Morgan fingerprint density at radius 2 is 2.22 bits per heavy atom. The maximum absolute atomic E-state index is 12.1. The molecule has 2 N–H and O–H groups in total. The van der Waals surface area contributed by atoms with Gasteiger partial charge in [0.25, 0.3) is 0 Å². The summed E-state index contributed by atoms with van der Waals surface area (Å²) in [5.41, 5.74) is 0.314. The molecule has 0 amide bonds. The van der Waals surface area contributed by atoms with Crippen LogP contribution >= 0.6 is 15.9 Å². The van der Waals surface area contributed by atoms with Gasteiger partial charge in [-0.2, -0.15) is 5.26 Å². The zero-order valence-electron chi connectivity index (χ0n) is 9.48. The van der Waals surface area contributed by atoms with Crippen molar-refractivity contribution in [2.24, 2.45) is 0 Å². The fourth-order valence-electron chi connectivity index (χ4n) is 1.83. The lowest BCUT2D eigenvalue weighted by atomic mass is 10.2. The molecule has 1 aliphatic rings. The Balaban J connectivity index is 2.29. The first-order chi connectivity index (χ1) is 8.51. The zero-order valence-corrected chi connectivity index (χ0v) is 11.9. The maximum Gasteiger partial charge on any atom is 0.240 e. The molecule has 0 aromatic heterocycles. The SMILES string of the molecule is N#Cc1cc(Br)cc(S(=O)(=O)NC2CCNC2)c1. The maximum atomic E-state index is 12.1. The van der Waals surface area contributed by atoms with Crippen molar-refractivity contribution in [2.45, 2.75) is 17.4 Å². The third-order valence-electron chi connectivity index (χ3n) is 2.69. The molecule has 0 bridgehead atoms. The molecule has 0 saturated carbocycles. The van der Waals surface area contributed by atoms with Crippen LogP contribution in [0.1, 0.15) is 12.0 Å². The smallest absolute Gasteiger partial charge is 0.240 e. The molecule has 0 radical (unpaired) electrons. The van der Waals surface area contributed by atoms with E-state index in [0.29, 0.717) is 16.6 Å². The first-order valence-corrected chi connectivity index (χ1v) is 7.72. The molecule has 0 spiro atoms. The summed E-state index contributed by atoms with van der Waals surface area (Å²) in [5, 5.41) is 11.9. The lowest BCUT2D eigenvalue weighted by molar-refractivity contribution is 0.560. The summed E-state index contributed by atoms with van der Waals surface area (Å²) in [6.07, 6.45) is 0.776. The Kier molecular flexibility index (Phi) is 4.02. The number of hydrogen-bond donors (Lipinski definition) is 2. The van der Waals surface area contributed by atoms with Gasteiger partial charge in [0, 0.05) is 17.1 Å². The average Bonchev–Trinajstić information content (AvgIpc) is 2.80. The second kappa shape index (κ2) is 5.36. The number of halogens is 1. The highest BCUT2D eigenvalue weighted by Crippen LogP contribution is 2.19. The quantitative estimate of drug-likeness (QED) is 0.865. The van der Waals surface area contributed by atoms with E-state index in [1.807, 2.05) is 6.07 Å². The molecule has 18 heavy (non-hydrogen) atoms. The monoisotopic (exact) mass is 329 g/mol. The van der Waals surface area contributed by atoms with Crippen LogP contribution in [0.2, 0.25) is 0 Å². The molecule has 0 aliphatic carbocycles. The molecule has 1 unspecified atom stereocenters. The Hall–Kier alpha value is -0.940. The van der Waals surface area contributed by atoms with Crippen LogP contribution in [0.15, 0.2) is 27.6 Å². The van der Waals surface area contributed by atoms with Crippen LogP contribution in [0.4, 0.5) is 0 Å². The van der Waals surface area contributed by atoms with E-state index in [1.165, 1.54) is 12.1 Å². The van der Waals surface area contributed by atoms with Crippen molar-refractivity contribution in [3.63, 3.8) is 0 Å². The van der Waals surface area contributed by atoms with Crippen LogP contribution in [0.5, 0.6) is 0 Å². The largest absolute Gasteiger partial charge is 0.315 e. The number of benzene rings is 1. The van der Waals surface area contributed by atoms with E-state index in [2.05, 4.69) is 26.0 Å². The standard InChI is InChI=1S/C11H12BrN3O2S/c12-9-3-8(6-13)4-11(5-9)18(16,17)15-10-1-2-14-7-10/h3-5,10,14-15H,1-2,7H2. The van der Waals surface area contributed by atoms with Gasteiger partial charge < -0.3 is 5.32 Å². The summed E-state index contributed by atoms with van der Waals surface area (Å²) < 4.78 is 27.5. The van der Waals surface area contributed by atoms with Crippen molar-refractivity contribution in [1.29, 1.82) is 5.26 Å². The highest BCUT2D eigenvalue weighted by Gasteiger charge is 2.23. The summed E-state index contributed by atoms with van der Waals surface area (Å²) in [7, 11) is -3.57. The van der Waals surface area contributed by atoms with E-state index < -0.39 is 10.0 Å². The van der Waals surface area contributed by atoms with Crippen LogP contribution in [-0.2, 0) is 10.0 Å². The zero-order chi connectivity index (χ0) is 13.2. The summed E-state index contributed by atoms with van der Waals surface area (Å²) in [5.74, 6) is 0. The van der Waals surface area contributed by atoms with Crippen LogP contribution in [0.3, 0.4) is 0 Å². The Labute approximate surface area is 114 Å². The highest BCUT2D eigenvalue weighted by molar-refractivity contribution is 9.10. The van der Waals surface area contributed by atoms with Crippen molar-refractivity contribution in [2.75, 3.05) is 13.1 Å². The van der Waals surface area contributed by atoms with E-state index in [1.54, 1.807) is 6.07 Å². The van der Waals surface area contributed by atoms with Gasteiger partial charge in [-0.05, 0) is 31.2 Å².